The molecule has 2 atom stereocenters. The van der Waals surface area contributed by atoms with Crippen molar-refractivity contribution in [3.05, 3.63) is 59.3 Å². The van der Waals surface area contributed by atoms with Crippen LogP contribution in [0.3, 0.4) is 0 Å². The molecule has 3 N–H and O–H groups in total. The van der Waals surface area contributed by atoms with E-state index in [0.717, 1.165) is 30.0 Å². The Morgan fingerprint density at radius 2 is 1.78 bits per heavy atom. The molecule has 0 bridgehead atoms. The Morgan fingerprint density at radius 1 is 1.15 bits per heavy atom. The number of aromatic nitrogens is 1. The van der Waals surface area contributed by atoms with Gasteiger partial charge in [-0.05, 0) is 43.2 Å². The lowest BCUT2D eigenvalue weighted by atomic mass is 10.1. The van der Waals surface area contributed by atoms with Crippen molar-refractivity contribution in [1.29, 1.82) is 0 Å². The van der Waals surface area contributed by atoms with Crippen LogP contribution in [0.15, 0.2) is 42.6 Å². The molecule has 6 nitrogen and oxygen atoms in total. The molecule has 1 amide bonds. The topological polar surface area (TPSA) is 80.5 Å². The maximum atomic E-state index is 12.2. The molecule has 7 heteroatoms. The van der Waals surface area contributed by atoms with Crippen LogP contribution in [0, 0.1) is 0 Å². The van der Waals surface area contributed by atoms with Crippen LogP contribution >= 0.6 is 12.4 Å². The zero-order valence-corrected chi connectivity index (χ0v) is 16.5. The van der Waals surface area contributed by atoms with Crippen LogP contribution in [-0.2, 0) is 17.8 Å². The molecule has 1 aromatic heterocycles. The number of carbonyl (C=O) groups excluding carboxylic acids is 1. The van der Waals surface area contributed by atoms with E-state index < -0.39 is 0 Å². The summed E-state index contributed by atoms with van der Waals surface area (Å²) >= 11 is 0. The van der Waals surface area contributed by atoms with Crippen LogP contribution in [0.25, 0.3) is 0 Å². The van der Waals surface area contributed by atoms with Gasteiger partial charge >= 0.3 is 0 Å². The minimum atomic E-state index is -0.103. The predicted molar refractivity (Wildman–Crippen MR) is 109 cm³/mol. The summed E-state index contributed by atoms with van der Waals surface area (Å²) in [5.74, 6) is 0.841. The van der Waals surface area contributed by atoms with Crippen molar-refractivity contribution in [3.8, 4) is 0 Å². The summed E-state index contributed by atoms with van der Waals surface area (Å²) in [6.45, 7) is 6.75. The third-order valence-electron chi connectivity index (χ3n) is 4.46. The van der Waals surface area contributed by atoms with Gasteiger partial charge in [-0.1, -0.05) is 18.2 Å². The lowest BCUT2D eigenvalue weighted by molar-refractivity contribution is -0.00546. The molecule has 1 saturated heterocycles. The first-order valence-electron chi connectivity index (χ1n) is 8.97. The fraction of sp³-hybridized carbons (Fsp3) is 0.400. The zero-order valence-electron chi connectivity index (χ0n) is 15.7. The quantitative estimate of drug-likeness (QED) is 0.819. The molecule has 2 unspecified atom stereocenters. The van der Waals surface area contributed by atoms with E-state index in [1.165, 1.54) is 0 Å². The summed E-state index contributed by atoms with van der Waals surface area (Å²) in [6, 6.07) is 11.3. The Bertz CT molecular complexity index is 727. The summed E-state index contributed by atoms with van der Waals surface area (Å²) in [7, 11) is 0. The monoisotopic (exact) mass is 390 g/mol. The van der Waals surface area contributed by atoms with Gasteiger partial charge in [0.15, 0.2) is 0 Å². The van der Waals surface area contributed by atoms with E-state index in [0.29, 0.717) is 18.7 Å². The Labute approximate surface area is 166 Å². The minimum Gasteiger partial charge on any atom is -0.372 e. The van der Waals surface area contributed by atoms with Crippen molar-refractivity contribution in [2.75, 3.05) is 18.0 Å². The third kappa shape index (κ3) is 5.66. The van der Waals surface area contributed by atoms with Crippen molar-refractivity contribution in [3.63, 3.8) is 0 Å². The Morgan fingerprint density at radius 3 is 2.33 bits per heavy atom. The smallest absolute Gasteiger partial charge is 0.251 e. The van der Waals surface area contributed by atoms with Gasteiger partial charge < -0.3 is 20.7 Å². The molecule has 1 fully saturated rings. The summed E-state index contributed by atoms with van der Waals surface area (Å²) in [4.78, 5) is 19.0. The number of rotatable bonds is 5. The number of morpholine rings is 1. The van der Waals surface area contributed by atoms with E-state index in [4.69, 9.17) is 10.5 Å². The number of halogens is 1. The van der Waals surface area contributed by atoms with Crippen LogP contribution in [-0.4, -0.2) is 36.2 Å². The fourth-order valence-electron chi connectivity index (χ4n) is 3.15. The summed E-state index contributed by atoms with van der Waals surface area (Å²) < 4.78 is 5.76. The number of anilines is 1. The van der Waals surface area contributed by atoms with Crippen LogP contribution in [0.2, 0.25) is 0 Å². The molecule has 1 aliphatic rings. The van der Waals surface area contributed by atoms with Gasteiger partial charge in [0.05, 0.1) is 12.2 Å². The highest BCUT2D eigenvalue weighted by atomic mass is 35.5. The Hall–Kier alpha value is -2.15. The molecule has 2 aromatic rings. The van der Waals surface area contributed by atoms with Crippen LogP contribution < -0.4 is 16.0 Å². The van der Waals surface area contributed by atoms with Crippen LogP contribution in [0.1, 0.15) is 35.3 Å². The number of hydrogen-bond donors (Lipinski definition) is 2. The van der Waals surface area contributed by atoms with E-state index in [1.54, 1.807) is 12.1 Å². The highest BCUT2D eigenvalue weighted by Gasteiger charge is 2.22. The molecule has 1 aliphatic heterocycles. The largest absolute Gasteiger partial charge is 0.372 e. The number of amides is 1. The Kier molecular flexibility index (Phi) is 7.59. The molecule has 146 valence electrons. The first-order valence-corrected chi connectivity index (χ1v) is 8.97. The summed E-state index contributed by atoms with van der Waals surface area (Å²) in [6.07, 6.45) is 2.22. The molecular formula is C20H27ClN4O2. The number of nitrogens with two attached hydrogens (primary N) is 1. The minimum absolute atomic E-state index is 0. The summed E-state index contributed by atoms with van der Waals surface area (Å²) in [5, 5.41) is 2.92. The van der Waals surface area contributed by atoms with Gasteiger partial charge in [0, 0.05) is 37.9 Å². The van der Waals surface area contributed by atoms with E-state index in [9.17, 15) is 4.79 Å². The molecular weight excluding hydrogens is 364 g/mol. The number of pyridine rings is 1. The second-order valence-corrected chi connectivity index (χ2v) is 6.77. The number of benzene rings is 1. The molecule has 0 aliphatic carbocycles. The van der Waals surface area contributed by atoms with Crippen LogP contribution in [0.4, 0.5) is 5.82 Å². The van der Waals surface area contributed by atoms with Crippen molar-refractivity contribution in [2.24, 2.45) is 5.73 Å². The third-order valence-corrected chi connectivity index (χ3v) is 4.46. The SMILES string of the molecule is CC1CN(c2ccc(CNC(=O)c3ccc(CN)cc3)cn2)CC(C)O1.Cl. The number of hydrogen-bond acceptors (Lipinski definition) is 5. The van der Waals surface area contributed by atoms with Crippen molar-refractivity contribution in [1.82, 2.24) is 10.3 Å². The maximum Gasteiger partial charge on any atom is 0.251 e. The Balaban J connectivity index is 0.00000261. The molecule has 1 aromatic carbocycles. The normalized spacial score (nSPS) is 19.3. The molecule has 27 heavy (non-hydrogen) atoms. The van der Waals surface area contributed by atoms with Crippen molar-refractivity contribution in [2.45, 2.75) is 39.1 Å². The number of ether oxygens (including phenoxy) is 1. The second kappa shape index (κ2) is 9.69. The second-order valence-electron chi connectivity index (χ2n) is 6.77. The highest BCUT2D eigenvalue weighted by molar-refractivity contribution is 5.94. The van der Waals surface area contributed by atoms with Gasteiger partial charge in [0.2, 0.25) is 0 Å². The van der Waals surface area contributed by atoms with Gasteiger partial charge in [0.25, 0.3) is 5.91 Å². The number of carbonyl (C=O) groups is 1. The van der Waals surface area contributed by atoms with Gasteiger partial charge in [-0.25, -0.2) is 4.98 Å². The van der Waals surface area contributed by atoms with E-state index in [1.807, 2.05) is 30.5 Å². The standard InChI is InChI=1S/C20H26N4O2.ClH/c1-14-12-24(13-15(2)26-14)19-8-5-17(10-22-19)11-23-20(25)18-6-3-16(9-21)4-7-18;/h3-8,10,14-15H,9,11-13,21H2,1-2H3,(H,23,25);1H. The molecule has 3 rings (SSSR count). The lowest BCUT2D eigenvalue weighted by Crippen LogP contribution is -2.45. The molecule has 2 heterocycles. The fourth-order valence-corrected chi connectivity index (χ4v) is 3.15. The lowest BCUT2D eigenvalue weighted by Gasteiger charge is -2.36. The van der Waals surface area contributed by atoms with Crippen molar-refractivity contribution < 1.29 is 9.53 Å². The maximum absolute atomic E-state index is 12.2. The van der Waals surface area contributed by atoms with Crippen LogP contribution in [0.5, 0.6) is 0 Å². The number of nitrogens with one attached hydrogen (secondary N) is 1. The van der Waals surface area contributed by atoms with Gasteiger partial charge in [-0.3, -0.25) is 4.79 Å². The van der Waals surface area contributed by atoms with Gasteiger partial charge in [-0.15, -0.1) is 12.4 Å². The molecule has 0 saturated carbocycles. The van der Waals surface area contributed by atoms with Gasteiger partial charge in [-0.2, -0.15) is 0 Å². The predicted octanol–water partition coefficient (Wildman–Crippen LogP) is 2.51. The van der Waals surface area contributed by atoms with Crippen molar-refractivity contribution >= 4 is 24.1 Å². The van der Waals surface area contributed by atoms with Gasteiger partial charge in [0.1, 0.15) is 5.82 Å². The highest BCUT2D eigenvalue weighted by Crippen LogP contribution is 2.18. The summed E-state index contributed by atoms with van der Waals surface area (Å²) in [5.41, 5.74) is 8.18. The zero-order chi connectivity index (χ0) is 18.5. The average Bonchev–Trinajstić information content (AvgIpc) is 2.66. The van der Waals surface area contributed by atoms with E-state index in [-0.39, 0.29) is 30.5 Å². The molecule has 0 radical (unpaired) electrons. The number of nitrogens with zero attached hydrogens (tertiary/aromatic N) is 2. The first-order chi connectivity index (χ1) is 12.5. The first kappa shape index (κ1) is 21.2. The average molecular weight is 391 g/mol. The molecule has 0 spiro atoms. The van der Waals surface area contributed by atoms with E-state index in [2.05, 4.69) is 29.0 Å². The van der Waals surface area contributed by atoms with E-state index >= 15 is 0 Å².